The van der Waals surface area contributed by atoms with Gasteiger partial charge in [-0.15, -0.1) is 0 Å². The van der Waals surface area contributed by atoms with Crippen LogP contribution in [0.3, 0.4) is 0 Å². The molecule has 3 unspecified atom stereocenters. The van der Waals surface area contributed by atoms with E-state index in [2.05, 4.69) is 24.1 Å². The highest BCUT2D eigenvalue weighted by molar-refractivity contribution is 5.73. The van der Waals surface area contributed by atoms with Crippen LogP contribution >= 0.6 is 0 Å². The molecule has 0 aromatic heterocycles. The van der Waals surface area contributed by atoms with Crippen LogP contribution in [0, 0.1) is 0 Å². The van der Waals surface area contributed by atoms with Gasteiger partial charge in [-0.3, -0.25) is 9.69 Å². The maximum absolute atomic E-state index is 11.1. The molecule has 106 valence electrons. The molecular weight excluding hydrogens is 232 g/mol. The molecule has 0 spiro atoms. The van der Waals surface area contributed by atoms with Gasteiger partial charge in [0.1, 0.15) is 6.04 Å². The standard InChI is InChI=1S/C13H26N2O3/c1-9(2)14-12(13(16)17)5-6-15-7-11(4)18-8-10(15)3/h9-12,14H,5-8H2,1-4H3,(H,16,17). The molecule has 0 bridgehead atoms. The van der Waals surface area contributed by atoms with Gasteiger partial charge in [0.25, 0.3) is 0 Å². The molecule has 5 nitrogen and oxygen atoms in total. The van der Waals surface area contributed by atoms with E-state index in [9.17, 15) is 4.79 Å². The molecule has 2 N–H and O–H groups in total. The summed E-state index contributed by atoms with van der Waals surface area (Å²) in [5, 5.41) is 12.3. The number of hydrogen-bond acceptors (Lipinski definition) is 4. The van der Waals surface area contributed by atoms with E-state index in [-0.39, 0.29) is 12.1 Å². The number of carboxylic acid groups (broad SMARTS) is 1. The Morgan fingerprint density at radius 2 is 2.17 bits per heavy atom. The Labute approximate surface area is 109 Å². The number of aliphatic carboxylic acids is 1. The molecule has 0 radical (unpaired) electrons. The maximum Gasteiger partial charge on any atom is 0.320 e. The molecule has 3 atom stereocenters. The fraction of sp³-hybridized carbons (Fsp3) is 0.923. The van der Waals surface area contributed by atoms with E-state index in [0.29, 0.717) is 12.5 Å². The second-order valence-electron chi connectivity index (χ2n) is 5.49. The molecule has 0 aromatic rings. The van der Waals surface area contributed by atoms with Crippen LogP contribution in [0.15, 0.2) is 0 Å². The van der Waals surface area contributed by atoms with Gasteiger partial charge in [0.15, 0.2) is 0 Å². The maximum atomic E-state index is 11.1. The van der Waals surface area contributed by atoms with Gasteiger partial charge in [0.2, 0.25) is 0 Å². The summed E-state index contributed by atoms with van der Waals surface area (Å²) >= 11 is 0. The Morgan fingerprint density at radius 1 is 1.50 bits per heavy atom. The van der Waals surface area contributed by atoms with E-state index in [1.54, 1.807) is 0 Å². The topological polar surface area (TPSA) is 61.8 Å². The van der Waals surface area contributed by atoms with Crippen molar-refractivity contribution in [1.82, 2.24) is 10.2 Å². The Kier molecular flexibility index (Phi) is 6.05. The molecule has 0 amide bonds. The summed E-state index contributed by atoms with van der Waals surface area (Å²) in [5.41, 5.74) is 0. The van der Waals surface area contributed by atoms with Gasteiger partial charge in [-0.2, -0.15) is 0 Å². The summed E-state index contributed by atoms with van der Waals surface area (Å²) in [4.78, 5) is 13.5. The monoisotopic (exact) mass is 258 g/mol. The van der Waals surface area contributed by atoms with Crippen molar-refractivity contribution in [3.63, 3.8) is 0 Å². The van der Waals surface area contributed by atoms with E-state index >= 15 is 0 Å². The van der Waals surface area contributed by atoms with Crippen molar-refractivity contribution in [3.8, 4) is 0 Å². The number of hydrogen-bond donors (Lipinski definition) is 2. The minimum absolute atomic E-state index is 0.187. The molecule has 1 aliphatic heterocycles. The largest absolute Gasteiger partial charge is 0.480 e. The van der Waals surface area contributed by atoms with Gasteiger partial charge in [0, 0.05) is 25.2 Å². The van der Waals surface area contributed by atoms with E-state index in [1.807, 2.05) is 13.8 Å². The highest BCUT2D eigenvalue weighted by Gasteiger charge is 2.25. The lowest BCUT2D eigenvalue weighted by molar-refractivity contribution is -0.140. The van der Waals surface area contributed by atoms with Crippen LogP contribution in [0.5, 0.6) is 0 Å². The summed E-state index contributed by atoms with van der Waals surface area (Å²) in [7, 11) is 0. The minimum atomic E-state index is -0.766. The summed E-state index contributed by atoms with van der Waals surface area (Å²) in [5.74, 6) is -0.766. The number of rotatable bonds is 6. The number of morpholine rings is 1. The van der Waals surface area contributed by atoms with Crippen molar-refractivity contribution < 1.29 is 14.6 Å². The summed E-state index contributed by atoms with van der Waals surface area (Å²) in [6.45, 7) is 10.5. The first-order valence-electron chi connectivity index (χ1n) is 6.74. The van der Waals surface area contributed by atoms with Crippen molar-refractivity contribution in [2.75, 3.05) is 19.7 Å². The van der Waals surface area contributed by atoms with Crippen molar-refractivity contribution in [2.24, 2.45) is 0 Å². The molecule has 18 heavy (non-hydrogen) atoms. The molecule has 0 saturated carbocycles. The third-order valence-corrected chi connectivity index (χ3v) is 3.27. The van der Waals surface area contributed by atoms with E-state index < -0.39 is 12.0 Å². The molecule has 5 heteroatoms. The van der Waals surface area contributed by atoms with Crippen LogP contribution in [0.2, 0.25) is 0 Å². The van der Waals surface area contributed by atoms with Crippen molar-refractivity contribution >= 4 is 5.97 Å². The second-order valence-corrected chi connectivity index (χ2v) is 5.49. The lowest BCUT2D eigenvalue weighted by Gasteiger charge is -2.37. The third-order valence-electron chi connectivity index (χ3n) is 3.27. The number of carbonyl (C=O) groups is 1. The van der Waals surface area contributed by atoms with E-state index in [1.165, 1.54) is 0 Å². The van der Waals surface area contributed by atoms with Crippen LogP contribution in [-0.2, 0) is 9.53 Å². The van der Waals surface area contributed by atoms with Gasteiger partial charge in [-0.05, 0) is 20.3 Å². The second kappa shape index (κ2) is 7.07. The average molecular weight is 258 g/mol. The molecule has 1 saturated heterocycles. The Balaban J connectivity index is 2.43. The minimum Gasteiger partial charge on any atom is -0.480 e. The zero-order valence-electron chi connectivity index (χ0n) is 11.8. The molecule has 1 fully saturated rings. The molecule has 1 heterocycles. The molecule has 1 aliphatic rings. The van der Waals surface area contributed by atoms with Crippen molar-refractivity contribution in [1.29, 1.82) is 0 Å². The smallest absolute Gasteiger partial charge is 0.320 e. The quantitative estimate of drug-likeness (QED) is 0.742. The van der Waals surface area contributed by atoms with E-state index in [0.717, 1.165) is 19.7 Å². The zero-order chi connectivity index (χ0) is 13.7. The van der Waals surface area contributed by atoms with Crippen LogP contribution in [0.1, 0.15) is 34.1 Å². The van der Waals surface area contributed by atoms with Gasteiger partial charge in [-0.25, -0.2) is 0 Å². The molecule has 0 aromatic carbocycles. The van der Waals surface area contributed by atoms with Gasteiger partial charge in [-0.1, -0.05) is 13.8 Å². The van der Waals surface area contributed by atoms with Gasteiger partial charge >= 0.3 is 5.97 Å². The van der Waals surface area contributed by atoms with Crippen LogP contribution < -0.4 is 5.32 Å². The zero-order valence-corrected chi connectivity index (χ0v) is 11.8. The third kappa shape index (κ3) is 4.92. The van der Waals surface area contributed by atoms with Crippen LogP contribution in [0.25, 0.3) is 0 Å². The number of nitrogens with one attached hydrogen (secondary N) is 1. The molecule has 1 rings (SSSR count). The Hall–Kier alpha value is -0.650. The lowest BCUT2D eigenvalue weighted by atomic mass is 10.1. The number of ether oxygens (including phenoxy) is 1. The van der Waals surface area contributed by atoms with Crippen LogP contribution in [-0.4, -0.2) is 59.9 Å². The van der Waals surface area contributed by atoms with Gasteiger partial charge < -0.3 is 15.2 Å². The summed E-state index contributed by atoms with van der Waals surface area (Å²) < 4.78 is 5.57. The highest BCUT2D eigenvalue weighted by Crippen LogP contribution is 2.12. The average Bonchev–Trinajstić information content (AvgIpc) is 2.27. The van der Waals surface area contributed by atoms with E-state index in [4.69, 9.17) is 9.84 Å². The van der Waals surface area contributed by atoms with Crippen molar-refractivity contribution in [2.45, 2.75) is 58.3 Å². The first-order valence-corrected chi connectivity index (χ1v) is 6.74. The fourth-order valence-electron chi connectivity index (χ4n) is 2.26. The first kappa shape index (κ1) is 15.4. The highest BCUT2D eigenvalue weighted by atomic mass is 16.5. The molecule has 0 aliphatic carbocycles. The van der Waals surface area contributed by atoms with Crippen molar-refractivity contribution in [3.05, 3.63) is 0 Å². The number of carboxylic acids is 1. The fourth-order valence-corrected chi connectivity index (χ4v) is 2.26. The molecular formula is C13H26N2O3. The Bertz CT molecular complexity index is 271. The van der Waals surface area contributed by atoms with Gasteiger partial charge in [0.05, 0.1) is 12.7 Å². The lowest BCUT2D eigenvalue weighted by Crippen LogP contribution is -2.50. The summed E-state index contributed by atoms with van der Waals surface area (Å²) in [6.07, 6.45) is 0.868. The SMILES string of the molecule is CC(C)NC(CCN1CC(C)OCC1C)C(=O)O. The predicted octanol–water partition coefficient (Wildman–Crippen LogP) is 0.937. The number of nitrogens with zero attached hydrogens (tertiary/aromatic N) is 1. The predicted molar refractivity (Wildman–Crippen MR) is 70.8 cm³/mol. The normalized spacial score (nSPS) is 27.4. The summed E-state index contributed by atoms with van der Waals surface area (Å²) in [6, 6.07) is 0.0946. The van der Waals surface area contributed by atoms with Crippen LogP contribution in [0.4, 0.5) is 0 Å². The first-order chi connectivity index (χ1) is 8.40. The Morgan fingerprint density at radius 3 is 2.72 bits per heavy atom.